The molecule has 1 aromatic carbocycles. The first-order chi connectivity index (χ1) is 24.1. The number of alkyl carbamates (subject to hydrolysis) is 1. The maximum absolute atomic E-state index is 14.6. The second-order valence-corrected chi connectivity index (χ2v) is 17.9. The van der Waals surface area contributed by atoms with Crippen molar-refractivity contribution < 1.29 is 46.5 Å². The number of pyridine rings is 1. The van der Waals surface area contributed by atoms with Crippen molar-refractivity contribution >= 4 is 44.6 Å². The maximum atomic E-state index is 14.6. The molecule has 5 rings (SSSR count). The molecule has 0 spiro atoms. The van der Waals surface area contributed by atoms with Gasteiger partial charge in [-0.1, -0.05) is 6.92 Å². The van der Waals surface area contributed by atoms with Crippen molar-refractivity contribution in [3.8, 4) is 11.6 Å². The van der Waals surface area contributed by atoms with Crippen molar-refractivity contribution in [1.82, 2.24) is 25.2 Å². The van der Waals surface area contributed by atoms with Gasteiger partial charge >= 0.3 is 6.09 Å². The van der Waals surface area contributed by atoms with E-state index >= 15 is 0 Å². The van der Waals surface area contributed by atoms with Gasteiger partial charge in [0, 0.05) is 18.0 Å². The van der Waals surface area contributed by atoms with Crippen LogP contribution >= 0.6 is 0 Å². The van der Waals surface area contributed by atoms with Crippen molar-refractivity contribution in [3.05, 3.63) is 30.5 Å². The van der Waals surface area contributed by atoms with E-state index in [9.17, 15) is 27.6 Å². The van der Waals surface area contributed by atoms with Crippen LogP contribution in [-0.2, 0) is 33.9 Å². The fourth-order valence-electron chi connectivity index (χ4n) is 6.46. The Morgan fingerprint density at radius 1 is 1.04 bits per heavy atom. The molecule has 0 radical (unpaired) electrons. The Morgan fingerprint density at radius 2 is 1.71 bits per heavy atom. The summed E-state index contributed by atoms with van der Waals surface area (Å²) in [4.78, 5) is 61.0. The maximum Gasteiger partial charge on any atom is 0.408 e. The zero-order chi connectivity index (χ0) is 38.4. The number of fused-ring (bicyclic) bond motifs is 1. The molecule has 0 bridgehead atoms. The van der Waals surface area contributed by atoms with Gasteiger partial charge in [-0.25, -0.2) is 18.2 Å². The van der Waals surface area contributed by atoms with E-state index in [1.54, 1.807) is 66.1 Å². The Balaban J connectivity index is 1.45. The number of likely N-dealkylation sites (tertiary alicyclic amines) is 1. The number of hydrogen-bond donors (Lipinski definition) is 3. The monoisotopic (exact) mass is 745 g/mol. The lowest BCUT2D eigenvalue weighted by molar-refractivity contribution is -0.146. The second kappa shape index (κ2) is 14.3. The summed E-state index contributed by atoms with van der Waals surface area (Å²) in [6.07, 6.45) is 0.278. The molecular weight excluding hydrogens is 694 g/mol. The zero-order valence-electron chi connectivity index (χ0n) is 31.3. The summed E-state index contributed by atoms with van der Waals surface area (Å²) in [6.45, 7) is 13.8. The Hall–Kier alpha value is -4.18. The molecule has 3 fully saturated rings. The van der Waals surface area contributed by atoms with E-state index in [0.29, 0.717) is 24.0 Å². The largest absolute Gasteiger partial charge is 0.497 e. The number of amides is 4. The van der Waals surface area contributed by atoms with Crippen LogP contribution in [0.25, 0.3) is 10.8 Å². The number of rotatable bonds is 12. The molecule has 4 amide bonds. The number of sulfonamides is 1. The number of benzene rings is 1. The molecule has 2 heterocycles. The second-order valence-electron chi connectivity index (χ2n) is 16.0. The summed E-state index contributed by atoms with van der Waals surface area (Å²) < 4.78 is 50.8. The lowest BCUT2D eigenvalue weighted by atomic mass is 10.1. The predicted molar refractivity (Wildman–Crippen MR) is 191 cm³/mol. The van der Waals surface area contributed by atoms with Gasteiger partial charge in [0.25, 0.3) is 5.91 Å². The highest BCUT2D eigenvalue weighted by Crippen LogP contribution is 2.44. The van der Waals surface area contributed by atoms with E-state index in [-0.39, 0.29) is 31.2 Å². The third kappa shape index (κ3) is 9.06. The molecule has 1 aromatic heterocycles. The van der Waals surface area contributed by atoms with Gasteiger partial charge in [0.15, 0.2) is 0 Å². The standard InChI is InChI=1S/C36H51N5O10S/c1-20-18-36(20,32(44)40-52(46,47)25-11-12-25)39-29(42)27-17-24(49-30-26-13-10-23(48-9)16-22(26)14-15-37-30)19-41(27)31(43)28(21(2)50-34(3,4)5)38-33(45)51-35(6,7)8/h10,13-16,20-21,24-25,27-28H,11-12,17-19H2,1-9H3,(H,38,45)(H,39,42)(H,40,44)/t20-,21-,24-,27+,28+,36-/m1/s1. The van der Waals surface area contributed by atoms with Crippen molar-refractivity contribution in [2.75, 3.05) is 13.7 Å². The number of nitrogens with zero attached hydrogens (tertiary/aromatic N) is 2. The topological polar surface area (TPSA) is 192 Å². The molecule has 6 atom stereocenters. The molecule has 2 saturated carbocycles. The third-order valence-corrected chi connectivity index (χ3v) is 11.1. The van der Waals surface area contributed by atoms with Gasteiger partial charge in [0.1, 0.15) is 35.1 Å². The van der Waals surface area contributed by atoms with Gasteiger partial charge in [-0.3, -0.25) is 19.1 Å². The number of aromatic nitrogens is 1. The van der Waals surface area contributed by atoms with Gasteiger partial charge < -0.3 is 34.5 Å². The summed E-state index contributed by atoms with van der Waals surface area (Å²) in [5, 5.41) is 6.30. The molecule has 52 heavy (non-hydrogen) atoms. The van der Waals surface area contributed by atoms with Gasteiger partial charge in [-0.15, -0.1) is 0 Å². The molecule has 16 heteroatoms. The molecule has 2 aliphatic carbocycles. The summed E-state index contributed by atoms with van der Waals surface area (Å²) in [5.74, 6) is -1.55. The highest BCUT2D eigenvalue weighted by molar-refractivity contribution is 7.91. The summed E-state index contributed by atoms with van der Waals surface area (Å²) in [7, 11) is -2.31. The lowest BCUT2D eigenvalue weighted by Crippen LogP contribution is -2.60. The average Bonchev–Trinajstić information content (AvgIpc) is 3.95. The Kier molecular flexibility index (Phi) is 10.8. The van der Waals surface area contributed by atoms with Crippen molar-refractivity contribution in [1.29, 1.82) is 0 Å². The normalized spacial score (nSPS) is 24.4. The minimum Gasteiger partial charge on any atom is -0.497 e. The Labute approximate surface area is 304 Å². The van der Waals surface area contributed by atoms with Crippen molar-refractivity contribution in [3.63, 3.8) is 0 Å². The van der Waals surface area contributed by atoms with Crippen LogP contribution in [0.3, 0.4) is 0 Å². The summed E-state index contributed by atoms with van der Waals surface area (Å²) in [6, 6.07) is 4.75. The van der Waals surface area contributed by atoms with Crippen LogP contribution in [0.5, 0.6) is 11.6 Å². The number of nitrogens with one attached hydrogen (secondary N) is 3. The summed E-state index contributed by atoms with van der Waals surface area (Å²) in [5.41, 5.74) is -3.04. The number of carbonyl (C=O) groups excluding carboxylic acids is 4. The number of ether oxygens (including phenoxy) is 4. The van der Waals surface area contributed by atoms with E-state index in [2.05, 4.69) is 20.3 Å². The lowest BCUT2D eigenvalue weighted by Gasteiger charge is -2.35. The molecule has 0 unspecified atom stereocenters. The molecule has 286 valence electrons. The van der Waals surface area contributed by atoms with Gasteiger partial charge in [0.05, 0.1) is 30.6 Å². The van der Waals surface area contributed by atoms with E-state index < -0.39 is 80.1 Å². The first kappa shape index (κ1) is 39.0. The van der Waals surface area contributed by atoms with Gasteiger partial charge in [0.2, 0.25) is 27.7 Å². The SMILES string of the molecule is COc1ccc2c(O[C@@H]3C[C@@H](C(=O)N[C@]4(C(=O)NS(=O)(=O)C5CC5)C[C@H]4C)N(C(=O)[C@@H](NC(=O)OC(C)(C)C)[C@@H](C)OC(C)(C)C)C3)nccc2c1. The fourth-order valence-corrected chi connectivity index (χ4v) is 7.82. The van der Waals surface area contributed by atoms with Crippen LogP contribution in [0.1, 0.15) is 81.1 Å². The first-order valence-electron chi connectivity index (χ1n) is 17.6. The molecule has 1 saturated heterocycles. The molecule has 1 aliphatic heterocycles. The smallest absolute Gasteiger partial charge is 0.408 e. The summed E-state index contributed by atoms with van der Waals surface area (Å²) >= 11 is 0. The highest BCUT2D eigenvalue weighted by Gasteiger charge is 2.61. The fraction of sp³-hybridized carbons (Fsp3) is 0.639. The zero-order valence-corrected chi connectivity index (χ0v) is 32.1. The number of methoxy groups -OCH3 is 1. The Bertz CT molecular complexity index is 1820. The van der Waals surface area contributed by atoms with E-state index in [4.69, 9.17) is 18.9 Å². The highest BCUT2D eigenvalue weighted by atomic mass is 32.2. The van der Waals surface area contributed by atoms with Crippen LogP contribution in [0.15, 0.2) is 30.5 Å². The quantitative estimate of drug-likeness (QED) is 0.289. The minimum absolute atomic E-state index is 0.00587. The average molecular weight is 746 g/mol. The minimum atomic E-state index is -3.87. The molecular formula is C36H51N5O10S. The van der Waals surface area contributed by atoms with Crippen LogP contribution in [-0.4, -0.2) is 102 Å². The molecule has 15 nitrogen and oxygen atoms in total. The van der Waals surface area contributed by atoms with E-state index in [0.717, 1.165) is 5.39 Å². The third-order valence-electron chi connectivity index (χ3n) is 9.27. The number of hydrogen-bond acceptors (Lipinski definition) is 11. The van der Waals surface area contributed by atoms with Gasteiger partial charge in [-0.05, 0) is 103 Å². The van der Waals surface area contributed by atoms with Crippen molar-refractivity contribution in [2.24, 2.45) is 5.92 Å². The molecule has 3 aliphatic rings. The van der Waals surface area contributed by atoms with Crippen LogP contribution in [0.4, 0.5) is 4.79 Å². The predicted octanol–water partition coefficient (Wildman–Crippen LogP) is 3.19. The Morgan fingerprint density at radius 3 is 2.29 bits per heavy atom. The molecule has 3 N–H and O–H groups in total. The van der Waals surface area contributed by atoms with E-state index in [1.165, 1.54) is 4.90 Å². The van der Waals surface area contributed by atoms with E-state index in [1.807, 2.05) is 26.8 Å². The molecule has 2 aromatic rings. The van der Waals surface area contributed by atoms with Crippen molar-refractivity contribution in [2.45, 2.75) is 127 Å². The van der Waals surface area contributed by atoms with Crippen LogP contribution in [0.2, 0.25) is 0 Å². The van der Waals surface area contributed by atoms with Crippen LogP contribution < -0.4 is 24.8 Å². The first-order valence-corrected chi connectivity index (χ1v) is 19.1. The van der Waals surface area contributed by atoms with Gasteiger partial charge in [-0.2, -0.15) is 0 Å². The number of carbonyl (C=O) groups is 4. The van der Waals surface area contributed by atoms with Crippen LogP contribution in [0, 0.1) is 5.92 Å².